The second-order valence-electron chi connectivity index (χ2n) is 6.01. The summed E-state index contributed by atoms with van der Waals surface area (Å²) in [5.74, 6) is -0.977. The molecule has 0 aliphatic heterocycles. The van der Waals surface area contributed by atoms with Gasteiger partial charge in [0.05, 0.1) is 11.5 Å². The van der Waals surface area contributed by atoms with Gasteiger partial charge in [0, 0.05) is 13.1 Å². The topological polar surface area (TPSA) is 86.7 Å². The Labute approximate surface area is 158 Å². The molecule has 27 heavy (non-hydrogen) atoms. The van der Waals surface area contributed by atoms with Gasteiger partial charge in [-0.25, -0.2) is 12.8 Å². The summed E-state index contributed by atoms with van der Waals surface area (Å²) in [6, 6.07) is 12.6. The average Bonchev–Trinajstić information content (AvgIpc) is 2.66. The van der Waals surface area contributed by atoms with E-state index in [1.54, 1.807) is 6.92 Å². The molecule has 1 atom stereocenters. The Morgan fingerprint density at radius 1 is 1.15 bits per heavy atom. The number of nitrogens with zero attached hydrogens (tertiary/aromatic N) is 1. The Bertz CT molecular complexity index is 842. The Balaban J connectivity index is 2.17. The van der Waals surface area contributed by atoms with E-state index < -0.39 is 27.8 Å². The van der Waals surface area contributed by atoms with Crippen LogP contribution < -0.4 is 4.72 Å². The molecule has 0 radical (unpaired) electrons. The number of sulfonamides is 1. The number of aliphatic hydroxyl groups excluding tert-OH is 1. The van der Waals surface area contributed by atoms with Gasteiger partial charge in [-0.15, -0.1) is 0 Å². The molecule has 0 heterocycles. The van der Waals surface area contributed by atoms with Crippen LogP contribution in [0.5, 0.6) is 0 Å². The van der Waals surface area contributed by atoms with Gasteiger partial charge >= 0.3 is 0 Å². The molecular weight excluding hydrogens is 371 g/mol. The first-order valence-electron chi connectivity index (χ1n) is 8.59. The standard InChI is InChI=1S/C19H23FN2O4S/c1-2-18(21-27(25,26)17-10-8-16(20)9-11-17)19(24)22(12-13-23)14-15-6-4-3-5-7-15/h3-11,18,21,23H,2,12-14H2,1H3. The molecule has 0 saturated carbocycles. The average molecular weight is 394 g/mol. The van der Waals surface area contributed by atoms with Crippen LogP contribution in [0.4, 0.5) is 4.39 Å². The van der Waals surface area contributed by atoms with Gasteiger partial charge in [0.2, 0.25) is 15.9 Å². The summed E-state index contributed by atoms with van der Waals surface area (Å²) in [4.78, 5) is 14.2. The molecule has 2 aromatic rings. The number of rotatable bonds is 9. The SMILES string of the molecule is CCC(NS(=O)(=O)c1ccc(F)cc1)C(=O)N(CCO)Cc1ccccc1. The van der Waals surface area contributed by atoms with Gasteiger partial charge in [0.25, 0.3) is 0 Å². The van der Waals surface area contributed by atoms with Gasteiger partial charge in [-0.1, -0.05) is 37.3 Å². The zero-order valence-corrected chi connectivity index (χ0v) is 15.8. The molecule has 0 aliphatic rings. The highest BCUT2D eigenvalue weighted by Crippen LogP contribution is 2.13. The Kier molecular flexibility index (Phi) is 7.46. The van der Waals surface area contributed by atoms with Crippen LogP contribution in [0.1, 0.15) is 18.9 Å². The van der Waals surface area contributed by atoms with Crippen molar-refractivity contribution in [2.45, 2.75) is 30.8 Å². The zero-order chi connectivity index (χ0) is 19.9. The third kappa shape index (κ3) is 5.85. The van der Waals surface area contributed by atoms with Gasteiger partial charge in [0.15, 0.2) is 0 Å². The summed E-state index contributed by atoms with van der Waals surface area (Å²) in [6.07, 6.45) is 0.232. The number of hydrogen-bond acceptors (Lipinski definition) is 4. The zero-order valence-electron chi connectivity index (χ0n) is 15.0. The number of hydrogen-bond donors (Lipinski definition) is 2. The lowest BCUT2D eigenvalue weighted by Crippen LogP contribution is -2.48. The lowest BCUT2D eigenvalue weighted by molar-refractivity contribution is -0.134. The maximum atomic E-state index is 13.0. The van der Waals surface area contributed by atoms with Crippen molar-refractivity contribution in [3.8, 4) is 0 Å². The molecule has 2 aromatic carbocycles. The van der Waals surface area contributed by atoms with Crippen LogP contribution in [-0.4, -0.2) is 43.5 Å². The number of benzene rings is 2. The highest BCUT2D eigenvalue weighted by atomic mass is 32.2. The summed E-state index contributed by atoms with van der Waals surface area (Å²) in [5.41, 5.74) is 0.871. The molecule has 0 bridgehead atoms. The molecule has 0 aliphatic carbocycles. The highest BCUT2D eigenvalue weighted by molar-refractivity contribution is 7.89. The maximum absolute atomic E-state index is 13.0. The number of nitrogens with one attached hydrogen (secondary N) is 1. The Morgan fingerprint density at radius 2 is 1.78 bits per heavy atom. The molecular formula is C19H23FN2O4S. The lowest BCUT2D eigenvalue weighted by Gasteiger charge is -2.27. The highest BCUT2D eigenvalue weighted by Gasteiger charge is 2.28. The minimum Gasteiger partial charge on any atom is -0.395 e. The van der Waals surface area contributed by atoms with Crippen LogP contribution in [0.3, 0.4) is 0 Å². The van der Waals surface area contributed by atoms with Crippen LogP contribution in [0.15, 0.2) is 59.5 Å². The first-order valence-corrected chi connectivity index (χ1v) is 10.1. The smallest absolute Gasteiger partial charge is 0.241 e. The molecule has 2 rings (SSSR count). The molecule has 0 fully saturated rings. The maximum Gasteiger partial charge on any atom is 0.241 e. The first kappa shape index (κ1) is 21.0. The van der Waals surface area contributed by atoms with Gasteiger partial charge in [-0.2, -0.15) is 4.72 Å². The number of carbonyl (C=O) groups is 1. The van der Waals surface area contributed by atoms with E-state index in [2.05, 4.69) is 4.72 Å². The summed E-state index contributed by atoms with van der Waals surface area (Å²) in [7, 11) is -3.98. The minimum absolute atomic E-state index is 0.0858. The molecule has 1 unspecified atom stereocenters. The fraction of sp³-hybridized carbons (Fsp3) is 0.316. The number of halogens is 1. The van der Waals surface area contributed by atoms with Gasteiger partial charge in [-0.3, -0.25) is 4.79 Å². The molecule has 0 spiro atoms. The van der Waals surface area contributed by atoms with Crippen LogP contribution >= 0.6 is 0 Å². The monoisotopic (exact) mass is 394 g/mol. The number of carbonyl (C=O) groups excluding carboxylic acids is 1. The van der Waals surface area contributed by atoms with Gasteiger partial charge < -0.3 is 10.0 Å². The third-order valence-corrected chi connectivity index (χ3v) is 5.51. The van der Waals surface area contributed by atoms with E-state index in [0.717, 1.165) is 29.8 Å². The van der Waals surface area contributed by atoms with E-state index in [1.807, 2.05) is 30.3 Å². The van der Waals surface area contributed by atoms with E-state index >= 15 is 0 Å². The Hall–Kier alpha value is -2.29. The van der Waals surface area contributed by atoms with Crippen LogP contribution in [0, 0.1) is 5.82 Å². The van der Waals surface area contributed by atoms with Crippen molar-refractivity contribution in [3.63, 3.8) is 0 Å². The summed E-state index contributed by atoms with van der Waals surface area (Å²) in [5, 5.41) is 9.29. The minimum atomic E-state index is -3.98. The van der Waals surface area contributed by atoms with Crippen LogP contribution in [-0.2, 0) is 21.4 Å². The molecule has 8 heteroatoms. The molecule has 1 amide bonds. The second-order valence-corrected chi connectivity index (χ2v) is 7.72. The number of amides is 1. The number of aliphatic hydroxyl groups is 1. The van der Waals surface area contributed by atoms with Gasteiger partial charge in [0.1, 0.15) is 11.9 Å². The predicted molar refractivity (Wildman–Crippen MR) is 99.7 cm³/mol. The summed E-state index contributed by atoms with van der Waals surface area (Å²) in [6.45, 7) is 1.80. The van der Waals surface area contributed by atoms with E-state index in [9.17, 15) is 22.7 Å². The molecule has 6 nitrogen and oxygen atoms in total. The van der Waals surface area contributed by atoms with Crippen molar-refractivity contribution in [1.29, 1.82) is 0 Å². The third-order valence-electron chi connectivity index (χ3n) is 4.03. The van der Waals surface area contributed by atoms with Crippen molar-refractivity contribution >= 4 is 15.9 Å². The molecule has 146 valence electrons. The van der Waals surface area contributed by atoms with Crippen LogP contribution in [0.25, 0.3) is 0 Å². The fourth-order valence-electron chi connectivity index (χ4n) is 2.59. The van der Waals surface area contributed by atoms with Crippen molar-refractivity contribution in [1.82, 2.24) is 9.62 Å². The largest absolute Gasteiger partial charge is 0.395 e. The summed E-state index contributed by atoms with van der Waals surface area (Å²) >= 11 is 0. The van der Waals surface area contributed by atoms with Crippen molar-refractivity contribution in [2.75, 3.05) is 13.2 Å². The fourth-order valence-corrected chi connectivity index (χ4v) is 3.86. The normalized spacial score (nSPS) is 12.6. The first-order chi connectivity index (χ1) is 12.9. The van der Waals surface area contributed by atoms with Crippen molar-refractivity contribution in [2.24, 2.45) is 0 Å². The second kappa shape index (κ2) is 9.59. The van der Waals surface area contributed by atoms with Crippen molar-refractivity contribution in [3.05, 3.63) is 66.0 Å². The predicted octanol–water partition coefficient (Wildman–Crippen LogP) is 1.90. The van der Waals surface area contributed by atoms with Crippen molar-refractivity contribution < 1.29 is 22.7 Å². The molecule has 2 N–H and O–H groups in total. The van der Waals surface area contributed by atoms with E-state index in [1.165, 1.54) is 4.90 Å². The molecule has 0 saturated heterocycles. The molecule has 0 aromatic heterocycles. The Morgan fingerprint density at radius 3 is 2.33 bits per heavy atom. The lowest BCUT2D eigenvalue weighted by atomic mass is 10.1. The van der Waals surface area contributed by atoms with E-state index in [0.29, 0.717) is 0 Å². The van der Waals surface area contributed by atoms with Gasteiger partial charge in [-0.05, 0) is 36.2 Å². The summed E-state index contributed by atoms with van der Waals surface area (Å²) < 4.78 is 40.4. The van der Waals surface area contributed by atoms with E-state index in [-0.39, 0.29) is 31.0 Å². The quantitative estimate of drug-likeness (QED) is 0.680. The van der Waals surface area contributed by atoms with Crippen LogP contribution in [0.2, 0.25) is 0 Å². The van der Waals surface area contributed by atoms with E-state index in [4.69, 9.17) is 0 Å².